The van der Waals surface area contributed by atoms with E-state index in [1.165, 1.54) is 5.56 Å². The third kappa shape index (κ3) is 5.06. The van der Waals surface area contributed by atoms with E-state index in [-0.39, 0.29) is 24.6 Å². The first kappa shape index (κ1) is 19.0. The van der Waals surface area contributed by atoms with Gasteiger partial charge in [-0.1, -0.05) is 19.1 Å². The minimum atomic E-state index is -0.169. The van der Waals surface area contributed by atoms with E-state index in [1.54, 1.807) is 0 Å². The van der Waals surface area contributed by atoms with Crippen LogP contribution in [0.15, 0.2) is 30.5 Å². The van der Waals surface area contributed by atoms with E-state index in [0.29, 0.717) is 6.42 Å². The fraction of sp³-hybridized carbons (Fsp3) is 0.474. The number of hydrogen-bond acceptors (Lipinski definition) is 4. The second-order valence-electron chi connectivity index (χ2n) is 6.40. The number of aryl methyl sites for hydroxylation is 1. The van der Waals surface area contributed by atoms with Gasteiger partial charge in [-0.2, -0.15) is 5.10 Å². The van der Waals surface area contributed by atoms with E-state index < -0.39 is 0 Å². The number of aromatic nitrogens is 2. The van der Waals surface area contributed by atoms with Gasteiger partial charge in [0.2, 0.25) is 5.91 Å². The highest BCUT2D eigenvalue weighted by Crippen LogP contribution is 2.22. The molecule has 2 unspecified atom stereocenters. The largest absolute Gasteiger partial charge is 0.394 e. The average molecular weight is 344 g/mol. The first-order chi connectivity index (χ1) is 11.9. The van der Waals surface area contributed by atoms with Gasteiger partial charge < -0.3 is 15.7 Å². The SMILES string of the molecule is CCC(CO)NC(=O)Cc1ccc(NC(C)c2cnn(C)c2C)cc1. The Kier molecular flexibility index (Phi) is 6.58. The molecule has 0 fully saturated rings. The van der Waals surface area contributed by atoms with Gasteiger partial charge in [-0.05, 0) is 38.0 Å². The molecule has 136 valence electrons. The molecule has 0 aliphatic carbocycles. The van der Waals surface area contributed by atoms with Crippen LogP contribution in [-0.2, 0) is 18.3 Å². The van der Waals surface area contributed by atoms with E-state index in [0.717, 1.165) is 23.4 Å². The summed E-state index contributed by atoms with van der Waals surface area (Å²) in [6.07, 6.45) is 2.92. The molecule has 0 aliphatic rings. The maximum absolute atomic E-state index is 12.0. The summed E-state index contributed by atoms with van der Waals surface area (Å²) in [6.45, 7) is 6.06. The Balaban J connectivity index is 1.93. The molecule has 1 aromatic carbocycles. The molecule has 1 amide bonds. The first-order valence-corrected chi connectivity index (χ1v) is 8.68. The van der Waals surface area contributed by atoms with Crippen molar-refractivity contribution < 1.29 is 9.90 Å². The summed E-state index contributed by atoms with van der Waals surface area (Å²) in [5, 5.41) is 19.7. The van der Waals surface area contributed by atoms with Gasteiger partial charge in [-0.15, -0.1) is 0 Å². The summed E-state index contributed by atoms with van der Waals surface area (Å²) in [5.74, 6) is -0.0686. The molecule has 1 aromatic heterocycles. The summed E-state index contributed by atoms with van der Waals surface area (Å²) in [6, 6.07) is 7.84. The number of nitrogens with one attached hydrogen (secondary N) is 2. The number of aliphatic hydroxyl groups excluding tert-OH is 1. The van der Waals surface area contributed by atoms with Crippen LogP contribution < -0.4 is 10.6 Å². The molecule has 0 saturated carbocycles. The lowest BCUT2D eigenvalue weighted by Gasteiger charge is -2.16. The van der Waals surface area contributed by atoms with E-state index in [1.807, 2.05) is 49.1 Å². The van der Waals surface area contributed by atoms with Gasteiger partial charge in [-0.3, -0.25) is 9.48 Å². The molecule has 1 heterocycles. The fourth-order valence-electron chi connectivity index (χ4n) is 2.73. The number of benzene rings is 1. The molecule has 0 saturated heterocycles. The summed E-state index contributed by atoms with van der Waals surface area (Å²) in [4.78, 5) is 12.0. The lowest BCUT2D eigenvalue weighted by atomic mass is 10.1. The molecule has 2 rings (SSSR count). The Morgan fingerprint density at radius 2 is 2.00 bits per heavy atom. The topological polar surface area (TPSA) is 79.2 Å². The van der Waals surface area contributed by atoms with Crippen molar-refractivity contribution in [2.24, 2.45) is 7.05 Å². The zero-order chi connectivity index (χ0) is 18.4. The molecule has 0 bridgehead atoms. The highest BCUT2D eigenvalue weighted by Gasteiger charge is 2.12. The Bertz CT molecular complexity index is 690. The van der Waals surface area contributed by atoms with Crippen molar-refractivity contribution in [3.05, 3.63) is 47.3 Å². The predicted octanol–water partition coefficient (Wildman–Crippen LogP) is 2.33. The second kappa shape index (κ2) is 8.67. The molecule has 0 spiro atoms. The minimum Gasteiger partial charge on any atom is -0.394 e. The second-order valence-corrected chi connectivity index (χ2v) is 6.40. The van der Waals surface area contributed by atoms with Crippen molar-refractivity contribution in [3.8, 4) is 0 Å². The Labute approximate surface area is 149 Å². The monoisotopic (exact) mass is 344 g/mol. The van der Waals surface area contributed by atoms with Gasteiger partial charge in [0.15, 0.2) is 0 Å². The smallest absolute Gasteiger partial charge is 0.224 e. The van der Waals surface area contributed by atoms with E-state index >= 15 is 0 Å². The molecule has 2 aromatic rings. The van der Waals surface area contributed by atoms with Crippen molar-refractivity contribution in [2.45, 2.75) is 45.7 Å². The quantitative estimate of drug-likeness (QED) is 0.687. The number of carbonyl (C=O) groups excluding carboxylic acids is 1. The Hall–Kier alpha value is -2.34. The Morgan fingerprint density at radius 1 is 1.32 bits per heavy atom. The number of carbonyl (C=O) groups is 1. The van der Waals surface area contributed by atoms with Crippen LogP contribution >= 0.6 is 0 Å². The van der Waals surface area contributed by atoms with Crippen molar-refractivity contribution in [1.29, 1.82) is 0 Å². The molecule has 2 atom stereocenters. The molecule has 3 N–H and O–H groups in total. The zero-order valence-corrected chi connectivity index (χ0v) is 15.4. The van der Waals surface area contributed by atoms with Gasteiger partial charge in [0.1, 0.15) is 0 Å². The van der Waals surface area contributed by atoms with Gasteiger partial charge >= 0.3 is 0 Å². The number of nitrogens with zero attached hydrogens (tertiary/aromatic N) is 2. The van der Waals surface area contributed by atoms with Crippen LogP contribution in [-0.4, -0.2) is 33.4 Å². The van der Waals surface area contributed by atoms with Crippen LogP contribution in [0.5, 0.6) is 0 Å². The average Bonchev–Trinajstić information content (AvgIpc) is 2.93. The maximum Gasteiger partial charge on any atom is 0.224 e. The van der Waals surface area contributed by atoms with Gasteiger partial charge in [0, 0.05) is 24.0 Å². The summed E-state index contributed by atoms with van der Waals surface area (Å²) < 4.78 is 1.87. The lowest BCUT2D eigenvalue weighted by Crippen LogP contribution is -2.37. The zero-order valence-electron chi connectivity index (χ0n) is 15.4. The van der Waals surface area contributed by atoms with Crippen LogP contribution in [0.3, 0.4) is 0 Å². The maximum atomic E-state index is 12.0. The molecule has 0 radical (unpaired) electrons. The van der Waals surface area contributed by atoms with Crippen molar-refractivity contribution in [2.75, 3.05) is 11.9 Å². The third-order valence-electron chi connectivity index (χ3n) is 4.52. The summed E-state index contributed by atoms with van der Waals surface area (Å²) >= 11 is 0. The van der Waals surface area contributed by atoms with Crippen molar-refractivity contribution in [1.82, 2.24) is 15.1 Å². The van der Waals surface area contributed by atoms with E-state index in [4.69, 9.17) is 5.11 Å². The molecule has 6 nitrogen and oxygen atoms in total. The molecule has 6 heteroatoms. The van der Waals surface area contributed by atoms with Crippen LogP contribution in [0.1, 0.15) is 43.1 Å². The van der Waals surface area contributed by atoms with E-state index in [9.17, 15) is 4.79 Å². The van der Waals surface area contributed by atoms with Crippen molar-refractivity contribution >= 4 is 11.6 Å². The first-order valence-electron chi connectivity index (χ1n) is 8.68. The van der Waals surface area contributed by atoms with Gasteiger partial charge in [0.25, 0.3) is 0 Å². The minimum absolute atomic E-state index is 0.0310. The van der Waals surface area contributed by atoms with Crippen LogP contribution in [0.2, 0.25) is 0 Å². The van der Waals surface area contributed by atoms with Gasteiger partial charge in [-0.25, -0.2) is 0 Å². The number of aliphatic hydroxyl groups is 1. The third-order valence-corrected chi connectivity index (χ3v) is 4.52. The van der Waals surface area contributed by atoms with Crippen LogP contribution in [0, 0.1) is 6.92 Å². The molecular weight excluding hydrogens is 316 g/mol. The molecule has 0 aliphatic heterocycles. The number of rotatable bonds is 8. The highest BCUT2D eigenvalue weighted by atomic mass is 16.3. The standard InChI is InChI=1S/C19H28N4O2/c1-5-16(12-24)22-19(25)10-15-6-8-17(9-7-15)21-13(2)18-11-20-23(4)14(18)3/h6-9,11,13,16,21,24H,5,10,12H2,1-4H3,(H,22,25). The van der Waals surface area contributed by atoms with Gasteiger partial charge in [0.05, 0.1) is 31.3 Å². The Morgan fingerprint density at radius 3 is 2.52 bits per heavy atom. The number of hydrogen-bond donors (Lipinski definition) is 3. The van der Waals surface area contributed by atoms with Crippen molar-refractivity contribution in [3.63, 3.8) is 0 Å². The normalized spacial score (nSPS) is 13.3. The summed E-state index contributed by atoms with van der Waals surface area (Å²) in [7, 11) is 1.94. The van der Waals surface area contributed by atoms with Crippen LogP contribution in [0.25, 0.3) is 0 Å². The number of amides is 1. The summed E-state index contributed by atoms with van der Waals surface area (Å²) in [5.41, 5.74) is 4.26. The molecule has 25 heavy (non-hydrogen) atoms. The van der Waals surface area contributed by atoms with Crippen LogP contribution in [0.4, 0.5) is 5.69 Å². The van der Waals surface area contributed by atoms with E-state index in [2.05, 4.69) is 29.6 Å². The predicted molar refractivity (Wildman–Crippen MR) is 99.4 cm³/mol. The lowest BCUT2D eigenvalue weighted by molar-refractivity contribution is -0.121. The number of anilines is 1. The fourth-order valence-corrected chi connectivity index (χ4v) is 2.73. The molecular formula is C19H28N4O2. The highest BCUT2D eigenvalue weighted by molar-refractivity contribution is 5.79.